The molecule has 0 aliphatic rings. The van der Waals surface area contributed by atoms with E-state index in [9.17, 15) is 8.78 Å². The van der Waals surface area contributed by atoms with Crippen LogP contribution in [0, 0.1) is 11.2 Å². The van der Waals surface area contributed by atoms with Crippen molar-refractivity contribution >= 4 is 17.1 Å². The van der Waals surface area contributed by atoms with Crippen molar-refractivity contribution in [2.45, 2.75) is 6.54 Å². The molecule has 0 spiro atoms. The number of hydrogen-bond donors (Lipinski definition) is 2. The Labute approximate surface area is 137 Å². The lowest BCUT2D eigenvalue weighted by Gasteiger charge is -2.07. The average Bonchev–Trinajstić information content (AvgIpc) is 2.62. The maximum absolute atomic E-state index is 14.6. The van der Waals surface area contributed by atoms with E-state index in [-0.39, 0.29) is 35.1 Å². The Kier molecular flexibility index (Phi) is 5.62. The Morgan fingerprint density at radius 1 is 1.25 bits per heavy atom. The Morgan fingerprint density at radius 2 is 1.92 bits per heavy atom. The van der Waals surface area contributed by atoms with Crippen molar-refractivity contribution in [1.82, 2.24) is 9.97 Å². The number of aromatic nitrogens is 2. The normalized spacial score (nSPS) is 12.5. The molecule has 3 N–H and O–H groups in total. The van der Waals surface area contributed by atoms with E-state index in [4.69, 9.17) is 11.1 Å². The van der Waals surface area contributed by atoms with Crippen LogP contribution in [-0.2, 0) is 6.54 Å². The number of hydrogen-bond acceptors (Lipinski definition) is 5. The monoisotopic (exact) mass is 327 g/mol. The summed E-state index contributed by atoms with van der Waals surface area (Å²) < 4.78 is 28.3. The third kappa shape index (κ3) is 3.95. The molecule has 0 bridgehead atoms. The maximum atomic E-state index is 14.6. The number of halogens is 2. The summed E-state index contributed by atoms with van der Waals surface area (Å²) in [7, 11) is 0. The van der Waals surface area contributed by atoms with E-state index in [0.717, 1.165) is 6.08 Å². The molecule has 5 nitrogen and oxygen atoms in total. The van der Waals surface area contributed by atoms with Crippen molar-refractivity contribution in [3.05, 3.63) is 78.4 Å². The molecule has 1 aromatic heterocycles. The van der Waals surface area contributed by atoms with Crippen molar-refractivity contribution in [3.63, 3.8) is 0 Å². The minimum Gasteiger partial charge on any atom is -0.393 e. The molecule has 1 aromatic carbocycles. The molecule has 0 aliphatic carbocycles. The minimum atomic E-state index is -0.956. The van der Waals surface area contributed by atoms with Crippen LogP contribution in [0.4, 0.5) is 8.78 Å². The third-order valence-corrected chi connectivity index (χ3v) is 3.08. The number of nitrogens with one attached hydrogen (secondary N) is 1. The van der Waals surface area contributed by atoms with E-state index in [1.165, 1.54) is 24.5 Å². The van der Waals surface area contributed by atoms with Gasteiger partial charge in [0.2, 0.25) is 0 Å². The second-order valence-electron chi connectivity index (χ2n) is 4.67. The van der Waals surface area contributed by atoms with Gasteiger partial charge in [0.15, 0.2) is 11.7 Å². The first-order valence-corrected chi connectivity index (χ1v) is 6.96. The fourth-order valence-corrected chi connectivity index (χ4v) is 1.82. The zero-order valence-electron chi connectivity index (χ0n) is 12.7. The molecule has 0 fully saturated rings. The van der Waals surface area contributed by atoms with Gasteiger partial charge >= 0.3 is 0 Å². The molecule has 0 atom stereocenters. The zero-order chi connectivity index (χ0) is 17.5. The molecule has 0 unspecified atom stereocenters. The average molecular weight is 327 g/mol. The van der Waals surface area contributed by atoms with Crippen molar-refractivity contribution < 1.29 is 8.78 Å². The summed E-state index contributed by atoms with van der Waals surface area (Å²) in [5.41, 5.74) is 5.03. The van der Waals surface area contributed by atoms with E-state index in [0.29, 0.717) is 0 Å². The molecule has 1 heterocycles. The Bertz CT molecular complexity index is 813. The SMILES string of the molecule is C=CC(=N)C(=NCc1ccccc1F)/C(F)=C(\N)c1ncccn1. The van der Waals surface area contributed by atoms with E-state index >= 15 is 0 Å². The highest BCUT2D eigenvalue weighted by atomic mass is 19.1. The van der Waals surface area contributed by atoms with Gasteiger partial charge in [-0.1, -0.05) is 24.8 Å². The summed E-state index contributed by atoms with van der Waals surface area (Å²) in [6.45, 7) is 3.28. The molecule has 0 amide bonds. The minimum absolute atomic E-state index is 0.0227. The lowest BCUT2D eigenvalue weighted by Crippen LogP contribution is -2.17. The standard InChI is InChI=1S/C17H15F2N5/c1-2-13(20)16(24-10-11-6-3-4-7-12(11)18)14(19)15(21)17-22-8-5-9-23-17/h2-9,20H,1,10,21H2/b15-14+,20-13?,24-16?. The molecule has 0 saturated carbocycles. The fraction of sp³-hybridized carbons (Fsp3) is 0.0588. The van der Waals surface area contributed by atoms with Crippen LogP contribution >= 0.6 is 0 Å². The van der Waals surface area contributed by atoms with Gasteiger partial charge in [0.1, 0.15) is 17.2 Å². The Balaban J connectivity index is 2.42. The van der Waals surface area contributed by atoms with Gasteiger partial charge in [-0.15, -0.1) is 0 Å². The summed E-state index contributed by atoms with van der Waals surface area (Å²) in [6.07, 6.45) is 3.95. The highest BCUT2D eigenvalue weighted by Gasteiger charge is 2.17. The number of benzene rings is 1. The smallest absolute Gasteiger partial charge is 0.178 e. The van der Waals surface area contributed by atoms with Crippen LogP contribution in [0.3, 0.4) is 0 Å². The van der Waals surface area contributed by atoms with Crippen molar-refractivity contribution in [2.75, 3.05) is 0 Å². The molecule has 0 saturated heterocycles. The molecule has 122 valence electrons. The van der Waals surface area contributed by atoms with Crippen molar-refractivity contribution in [2.24, 2.45) is 10.7 Å². The van der Waals surface area contributed by atoms with E-state index in [1.54, 1.807) is 18.2 Å². The number of nitrogens with zero attached hydrogens (tertiary/aromatic N) is 3. The highest BCUT2D eigenvalue weighted by Crippen LogP contribution is 2.15. The molecular weight excluding hydrogens is 312 g/mol. The summed E-state index contributed by atoms with van der Waals surface area (Å²) in [6, 6.07) is 7.56. The van der Waals surface area contributed by atoms with Crippen LogP contribution in [0.2, 0.25) is 0 Å². The van der Waals surface area contributed by atoms with Gasteiger partial charge in [0, 0.05) is 18.0 Å². The first kappa shape index (κ1) is 17.1. The quantitative estimate of drug-likeness (QED) is 0.799. The van der Waals surface area contributed by atoms with Gasteiger partial charge in [0.25, 0.3) is 0 Å². The third-order valence-electron chi connectivity index (χ3n) is 3.08. The molecule has 7 heteroatoms. The molecule has 24 heavy (non-hydrogen) atoms. The molecular formula is C17H15F2N5. The molecule has 2 aromatic rings. The van der Waals surface area contributed by atoms with Gasteiger partial charge in [-0.25, -0.2) is 18.7 Å². The highest BCUT2D eigenvalue weighted by molar-refractivity contribution is 6.51. The Morgan fingerprint density at radius 3 is 2.54 bits per heavy atom. The predicted octanol–water partition coefficient (Wildman–Crippen LogP) is 3.06. The maximum Gasteiger partial charge on any atom is 0.178 e. The van der Waals surface area contributed by atoms with Gasteiger partial charge < -0.3 is 5.73 Å². The largest absolute Gasteiger partial charge is 0.393 e. The van der Waals surface area contributed by atoms with Crippen LogP contribution in [0.15, 0.2) is 66.2 Å². The van der Waals surface area contributed by atoms with Gasteiger partial charge in [-0.05, 0) is 18.2 Å². The van der Waals surface area contributed by atoms with Crippen LogP contribution in [0.5, 0.6) is 0 Å². The second-order valence-corrected chi connectivity index (χ2v) is 4.67. The predicted molar refractivity (Wildman–Crippen MR) is 89.7 cm³/mol. The van der Waals surface area contributed by atoms with Crippen LogP contribution in [0.25, 0.3) is 5.70 Å². The van der Waals surface area contributed by atoms with E-state index in [2.05, 4.69) is 21.5 Å². The van der Waals surface area contributed by atoms with Crippen molar-refractivity contribution in [3.8, 4) is 0 Å². The number of rotatable bonds is 6. The number of allylic oxidation sites excluding steroid dienone is 2. The number of nitrogens with two attached hydrogens (primary N) is 1. The van der Waals surface area contributed by atoms with Crippen LogP contribution in [0.1, 0.15) is 11.4 Å². The molecule has 0 aliphatic heterocycles. The molecule has 2 rings (SSSR count). The first-order valence-electron chi connectivity index (χ1n) is 6.96. The zero-order valence-corrected chi connectivity index (χ0v) is 12.7. The van der Waals surface area contributed by atoms with Crippen molar-refractivity contribution in [1.29, 1.82) is 5.41 Å². The van der Waals surface area contributed by atoms with Crippen LogP contribution in [-0.4, -0.2) is 21.4 Å². The lowest BCUT2D eigenvalue weighted by molar-refractivity contribution is 0.610. The summed E-state index contributed by atoms with van der Waals surface area (Å²) in [4.78, 5) is 11.7. The summed E-state index contributed by atoms with van der Waals surface area (Å²) >= 11 is 0. The van der Waals surface area contributed by atoms with Gasteiger partial charge in [0.05, 0.1) is 12.3 Å². The summed E-state index contributed by atoms with van der Waals surface area (Å²) in [5.74, 6) is -1.44. The number of aliphatic imine (C=N–C) groups is 1. The first-order chi connectivity index (χ1) is 11.5. The summed E-state index contributed by atoms with van der Waals surface area (Å²) in [5, 5.41) is 7.79. The van der Waals surface area contributed by atoms with E-state index in [1.807, 2.05) is 0 Å². The topological polar surface area (TPSA) is 88.0 Å². The van der Waals surface area contributed by atoms with Crippen LogP contribution < -0.4 is 5.73 Å². The van der Waals surface area contributed by atoms with E-state index < -0.39 is 11.6 Å². The fourth-order valence-electron chi connectivity index (χ4n) is 1.82. The van der Waals surface area contributed by atoms with Gasteiger partial charge in [-0.2, -0.15) is 0 Å². The second kappa shape index (κ2) is 7.87. The Hall–Kier alpha value is -3.22. The lowest BCUT2D eigenvalue weighted by atomic mass is 10.1. The molecule has 0 radical (unpaired) electrons. The van der Waals surface area contributed by atoms with Gasteiger partial charge in [-0.3, -0.25) is 10.4 Å².